The fourth-order valence-corrected chi connectivity index (χ4v) is 11.3. The van der Waals surface area contributed by atoms with Gasteiger partial charge in [0.1, 0.15) is 34.5 Å². The molecule has 0 radical (unpaired) electrons. The van der Waals surface area contributed by atoms with Crippen molar-refractivity contribution in [1.82, 2.24) is 0 Å². The Labute approximate surface area is 357 Å². The summed E-state index contributed by atoms with van der Waals surface area (Å²) in [5, 5.41) is 5.58. The van der Waals surface area contributed by atoms with E-state index in [2.05, 4.69) is 98.4 Å². The van der Waals surface area contributed by atoms with E-state index >= 15 is 0 Å². The first-order chi connectivity index (χ1) is 29.4. The quantitative estimate of drug-likeness (QED) is 0.0775. The lowest BCUT2D eigenvalue weighted by atomic mass is 9.52. The van der Waals surface area contributed by atoms with Crippen LogP contribution in [0.15, 0.2) is 114 Å². The minimum atomic E-state index is -1.06. The van der Waals surface area contributed by atoms with Crippen LogP contribution in [0.25, 0.3) is 49.5 Å². The Kier molecular flexibility index (Phi) is 9.71. The Morgan fingerprint density at radius 1 is 0.639 bits per heavy atom. The van der Waals surface area contributed by atoms with Crippen molar-refractivity contribution in [3.63, 3.8) is 0 Å². The second-order valence-corrected chi connectivity index (χ2v) is 18.1. The minimum Gasteiger partial charge on any atom is -0.497 e. The van der Waals surface area contributed by atoms with E-state index < -0.39 is 5.60 Å². The summed E-state index contributed by atoms with van der Waals surface area (Å²) in [5.74, 6) is 4.21. The molecule has 1 saturated carbocycles. The van der Waals surface area contributed by atoms with Crippen LogP contribution >= 0.6 is 0 Å². The lowest BCUT2D eigenvalue weighted by molar-refractivity contribution is 0.0642. The van der Waals surface area contributed by atoms with Crippen molar-refractivity contribution in [3.05, 3.63) is 147 Å². The van der Waals surface area contributed by atoms with Crippen LogP contribution in [0.2, 0.25) is 0 Å². The second kappa shape index (κ2) is 14.9. The van der Waals surface area contributed by atoms with Crippen LogP contribution < -0.4 is 28.4 Å². The van der Waals surface area contributed by atoms with Crippen LogP contribution in [-0.2, 0) is 11.0 Å². The summed E-state index contributed by atoms with van der Waals surface area (Å²) in [4.78, 5) is 2.83. The molecule has 3 aliphatic rings. The van der Waals surface area contributed by atoms with Gasteiger partial charge < -0.3 is 28.4 Å². The van der Waals surface area contributed by atoms with Crippen molar-refractivity contribution < 1.29 is 28.4 Å². The number of hydrogen-bond acceptors (Lipinski definition) is 7. The highest BCUT2D eigenvalue weighted by Gasteiger charge is 2.55. The molecule has 0 bridgehead atoms. The molecule has 9 nitrogen and oxygen atoms in total. The number of benzene rings is 6. The number of ether oxygens (including phenoxy) is 6. The Morgan fingerprint density at radius 3 is 1.90 bits per heavy atom. The second-order valence-electron chi connectivity index (χ2n) is 18.1. The van der Waals surface area contributed by atoms with Crippen LogP contribution in [0.1, 0.15) is 74.8 Å². The summed E-state index contributed by atoms with van der Waals surface area (Å²) in [6.45, 7) is 9.62. The van der Waals surface area contributed by atoms with Crippen molar-refractivity contribution in [3.8, 4) is 56.8 Å². The number of azide groups is 1. The maximum atomic E-state index is 8.84. The Bertz CT molecular complexity index is 2750. The van der Waals surface area contributed by atoms with Gasteiger partial charge >= 0.3 is 0 Å². The fourth-order valence-electron chi connectivity index (χ4n) is 11.3. The maximum Gasteiger partial charge on any atom is 0.178 e. The average Bonchev–Trinajstić information content (AvgIpc) is 3.52. The Hall–Kier alpha value is -6.57. The molecule has 1 heterocycles. The van der Waals surface area contributed by atoms with Gasteiger partial charge in [0.05, 0.1) is 28.4 Å². The molecule has 6 aromatic rings. The molecule has 61 heavy (non-hydrogen) atoms. The molecule has 1 fully saturated rings. The molecule has 6 aromatic carbocycles. The lowest BCUT2D eigenvalue weighted by Crippen LogP contribution is -2.44. The average molecular weight is 814 g/mol. The lowest BCUT2D eigenvalue weighted by Gasteiger charge is -2.52. The molecule has 0 amide bonds. The van der Waals surface area contributed by atoms with Crippen LogP contribution in [0.5, 0.6) is 34.5 Å². The van der Waals surface area contributed by atoms with E-state index in [1.165, 1.54) is 22.3 Å². The zero-order chi connectivity index (χ0) is 42.7. The van der Waals surface area contributed by atoms with E-state index in [0.717, 1.165) is 75.1 Å². The summed E-state index contributed by atoms with van der Waals surface area (Å²) in [6.07, 6.45) is 7.65. The van der Waals surface area contributed by atoms with Gasteiger partial charge in [-0.1, -0.05) is 87.4 Å². The molecule has 1 spiro atoms. The van der Waals surface area contributed by atoms with Crippen molar-refractivity contribution in [2.75, 3.05) is 35.2 Å². The number of fused-ring (bicyclic) bond motifs is 10. The highest BCUT2D eigenvalue weighted by atomic mass is 16.5. The molecule has 0 N–H and O–H groups in total. The maximum absolute atomic E-state index is 8.84. The van der Waals surface area contributed by atoms with E-state index in [9.17, 15) is 0 Å². The predicted molar refractivity (Wildman–Crippen MR) is 241 cm³/mol. The third kappa shape index (κ3) is 6.50. The van der Waals surface area contributed by atoms with Crippen molar-refractivity contribution in [2.45, 2.75) is 58.0 Å². The molecule has 9 rings (SSSR count). The van der Waals surface area contributed by atoms with E-state index in [-0.39, 0.29) is 23.0 Å². The zero-order valence-corrected chi connectivity index (χ0v) is 36.1. The minimum absolute atomic E-state index is 0.0687. The van der Waals surface area contributed by atoms with Gasteiger partial charge in [0.25, 0.3) is 0 Å². The molecule has 310 valence electrons. The monoisotopic (exact) mass is 813 g/mol. The molecular weight excluding hydrogens is 763 g/mol. The number of nitrogens with zero attached hydrogens (tertiary/aromatic N) is 3. The molecule has 0 aromatic heterocycles. The molecule has 9 heteroatoms. The number of hydrogen-bond donors (Lipinski definition) is 0. The normalized spacial score (nSPS) is 18.6. The first-order valence-electron chi connectivity index (χ1n) is 20.7. The van der Waals surface area contributed by atoms with Gasteiger partial charge in [0.15, 0.2) is 12.3 Å². The van der Waals surface area contributed by atoms with E-state index in [4.69, 9.17) is 34.0 Å². The van der Waals surface area contributed by atoms with Gasteiger partial charge in [-0.2, -0.15) is 0 Å². The van der Waals surface area contributed by atoms with Crippen LogP contribution in [0.3, 0.4) is 0 Å². The smallest absolute Gasteiger partial charge is 0.178 e. The van der Waals surface area contributed by atoms with Gasteiger partial charge in [-0.3, -0.25) is 0 Å². The molecule has 2 aliphatic carbocycles. The Morgan fingerprint density at radius 2 is 1.26 bits per heavy atom. The topological polar surface area (TPSA) is 104 Å². The summed E-state index contributed by atoms with van der Waals surface area (Å²) >= 11 is 0. The molecule has 0 saturated heterocycles. The van der Waals surface area contributed by atoms with Gasteiger partial charge in [-0.05, 0) is 118 Å². The Balaban J connectivity index is 1.38. The van der Waals surface area contributed by atoms with Crippen LogP contribution in [0, 0.1) is 10.8 Å². The molecule has 1 aliphatic heterocycles. The zero-order valence-electron chi connectivity index (χ0n) is 36.1. The summed E-state index contributed by atoms with van der Waals surface area (Å²) in [6, 6.07) is 35.2. The standard InChI is InChI=1S/C52H51N3O6/c1-49(2)28-50(3,4)30-51(29-49)43-12-10-9-11-38(43)46-41-27-45(59-8)40(37-22-21-36(57-6)25-44(37)58-7)26-42(41)48-39(47(46)51)23-24-52(61-48,32-13-17-34(56-5)18-14-32)33-15-19-35(20-16-33)60-31-54-55-53/h9-27H,28-31H2,1-8H3. The van der Waals surface area contributed by atoms with E-state index in [0.29, 0.717) is 17.2 Å². The number of rotatable bonds is 10. The summed E-state index contributed by atoms with van der Waals surface area (Å²) in [7, 11) is 6.73. The van der Waals surface area contributed by atoms with Crippen LogP contribution in [0.4, 0.5) is 0 Å². The molecule has 1 unspecified atom stereocenters. The van der Waals surface area contributed by atoms with Gasteiger partial charge in [0.2, 0.25) is 0 Å². The summed E-state index contributed by atoms with van der Waals surface area (Å²) < 4.78 is 37.1. The van der Waals surface area contributed by atoms with Gasteiger partial charge in [-0.15, -0.1) is 0 Å². The predicted octanol–water partition coefficient (Wildman–Crippen LogP) is 13.0. The highest BCUT2D eigenvalue weighted by molar-refractivity contribution is 6.11. The fraction of sp³-hybridized carbons (Fsp3) is 0.308. The van der Waals surface area contributed by atoms with Crippen molar-refractivity contribution in [1.29, 1.82) is 0 Å². The van der Waals surface area contributed by atoms with Gasteiger partial charge in [-0.25, -0.2) is 0 Å². The van der Waals surface area contributed by atoms with Crippen LogP contribution in [-0.4, -0.2) is 35.2 Å². The largest absolute Gasteiger partial charge is 0.497 e. The van der Waals surface area contributed by atoms with Crippen molar-refractivity contribution >= 4 is 16.8 Å². The third-order valence-corrected chi connectivity index (χ3v) is 12.9. The number of methoxy groups -OCH3 is 4. The SMILES string of the molecule is COc1ccc(C2(c3ccc(OCN=[N+]=[N-])cc3)C=Cc3c4c(c5cc(OC)c(-c6ccc(OC)cc6OC)cc5c3O2)-c2ccccc2C42CC(C)(C)CC(C)(C)C2)cc1. The van der Waals surface area contributed by atoms with Crippen molar-refractivity contribution in [2.24, 2.45) is 15.9 Å². The highest BCUT2D eigenvalue weighted by Crippen LogP contribution is 2.67. The molecular formula is C52H51N3O6. The third-order valence-electron chi connectivity index (χ3n) is 12.9. The van der Waals surface area contributed by atoms with E-state index in [1.807, 2.05) is 54.6 Å². The summed E-state index contributed by atoms with van der Waals surface area (Å²) in [5.41, 5.74) is 17.5. The first-order valence-corrected chi connectivity index (χ1v) is 20.7. The van der Waals surface area contributed by atoms with E-state index in [1.54, 1.807) is 28.4 Å². The first kappa shape index (κ1) is 39.9. The van der Waals surface area contributed by atoms with Gasteiger partial charge in [0, 0.05) is 49.6 Å². The molecule has 1 atom stereocenters.